The number of ether oxygens (including phenoxy) is 1. The highest BCUT2D eigenvalue weighted by Crippen LogP contribution is 2.31. The summed E-state index contributed by atoms with van der Waals surface area (Å²) in [6.45, 7) is 3.70. The molecule has 6 nitrogen and oxygen atoms in total. The van der Waals surface area contributed by atoms with Gasteiger partial charge in [0, 0.05) is 22.6 Å². The van der Waals surface area contributed by atoms with Crippen molar-refractivity contribution in [3.8, 4) is 11.3 Å². The van der Waals surface area contributed by atoms with Crippen LogP contribution in [0, 0.1) is 11.7 Å². The van der Waals surface area contributed by atoms with Gasteiger partial charge in [0.25, 0.3) is 11.5 Å². The molecule has 3 aromatic rings. The molecule has 2 N–H and O–H groups in total. The number of benzene rings is 2. The van der Waals surface area contributed by atoms with Crippen LogP contribution in [0.25, 0.3) is 22.0 Å². The van der Waals surface area contributed by atoms with Gasteiger partial charge in [-0.3, -0.25) is 14.9 Å². The van der Waals surface area contributed by atoms with E-state index < -0.39 is 24.0 Å². The number of hydrogen-bond acceptors (Lipinski definition) is 4. The van der Waals surface area contributed by atoms with Crippen molar-refractivity contribution in [2.45, 2.75) is 25.9 Å². The van der Waals surface area contributed by atoms with Crippen LogP contribution in [-0.4, -0.2) is 23.1 Å². The zero-order chi connectivity index (χ0) is 20.7. The Hall–Kier alpha value is -3.48. The van der Waals surface area contributed by atoms with Crippen molar-refractivity contribution in [3.05, 3.63) is 70.3 Å². The van der Waals surface area contributed by atoms with Crippen molar-refractivity contribution in [3.63, 3.8) is 0 Å². The van der Waals surface area contributed by atoms with Gasteiger partial charge >= 0.3 is 6.09 Å². The second kappa shape index (κ2) is 7.16. The monoisotopic (exact) mass is 394 g/mol. The zero-order valence-electron chi connectivity index (χ0n) is 15.9. The van der Waals surface area contributed by atoms with Gasteiger partial charge < -0.3 is 9.72 Å². The molecule has 7 heteroatoms. The smallest absolute Gasteiger partial charge is 0.414 e. The molecule has 4 rings (SSSR count). The SMILES string of the molecule is CC(C)[C@@H](c1ccc(-c2ccc3cccc(F)c3c2)[nH]c1=O)[C@H]1OC(=O)NC1=O. The van der Waals surface area contributed by atoms with E-state index >= 15 is 0 Å². The molecule has 2 aromatic carbocycles. The van der Waals surface area contributed by atoms with Crippen molar-refractivity contribution < 1.29 is 18.7 Å². The molecule has 1 aliphatic heterocycles. The van der Waals surface area contributed by atoms with E-state index in [2.05, 4.69) is 10.3 Å². The summed E-state index contributed by atoms with van der Waals surface area (Å²) < 4.78 is 19.2. The second-order valence-corrected chi connectivity index (χ2v) is 7.42. The summed E-state index contributed by atoms with van der Waals surface area (Å²) in [5.41, 5.74) is 1.16. The average molecular weight is 394 g/mol. The molecule has 1 saturated heterocycles. The minimum atomic E-state index is -1.05. The highest BCUT2D eigenvalue weighted by molar-refractivity contribution is 6.00. The Kier molecular flexibility index (Phi) is 4.66. The van der Waals surface area contributed by atoms with Gasteiger partial charge in [-0.25, -0.2) is 9.18 Å². The first-order valence-electron chi connectivity index (χ1n) is 9.28. The lowest BCUT2D eigenvalue weighted by atomic mass is 9.84. The number of halogens is 1. The van der Waals surface area contributed by atoms with Crippen molar-refractivity contribution in [1.82, 2.24) is 10.3 Å². The molecule has 0 aliphatic carbocycles. The van der Waals surface area contributed by atoms with Gasteiger partial charge in [-0.05, 0) is 35.1 Å². The minimum Gasteiger partial charge on any atom is -0.435 e. The van der Waals surface area contributed by atoms with Gasteiger partial charge in [0.15, 0.2) is 6.10 Å². The first-order chi connectivity index (χ1) is 13.8. The van der Waals surface area contributed by atoms with Crippen LogP contribution >= 0.6 is 0 Å². The van der Waals surface area contributed by atoms with Crippen LogP contribution in [0.3, 0.4) is 0 Å². The molecule has 0 spiro atoms. The molecule has 0 radical (unpaired) electrons. The number of imide groups is 1. The van der Waals surface area contributed by atoms with E-state index in [4.69, 9.17) is 4.74 Å². The van der Waals surface area contributed by atoms with E-state index in [9.17, 15) is 18.8 Å². The fraction of sp³-hybridized carbons (Fsp3) is 0.227. The third-order valence-corrected chi connectivity index (χ3v) is 5.20. The van der Waals surface area contributed by atoms with Crippen LogP contribution in [0.5, 0.6) is 0 Å². The number of aromatic nitrogens is 1. The molecule has 0 saturated carbocycles. The standard InChI is InChI=1S/C22H19FN2O4/c1-11(2)18(19-21(27)25-22(28)29-19)14-8-9-17(24-20(14)26)13-7-6-12-4-3-5-16(23)15(12)10-13/h3-11,18-19H,1-2H3,(H,24,26)(H,25,27,28)/t18-,19+/m0/s1. The topological polar surface area (TPSA) is 88.3 Å². The van der Waals surface area contributed by atoms with Gasteiger partial charge in [-0.15, -0.1) is 0 Å². The summed E-state index contributed by atoms with van der Waals surface area (Å²) in [6, 6.07) is 13.5. The number of nitrogens with one attached hydrogen (secondary N) is 2. The largest absolute Gasteiger partial charge is 0.435 e. The Labute approximate surface area is 165 Å². The van der Waals surface area contributed by atoms with Gasteiger partial charge in [-0.1, -0.05) is 44.2 Å². The van der Waals surface area contributed by atoms with Gasteiger partial charge in [0.05, 0.1) is 0 Å². The minimum absolute atomic E-state index is 0.127. The number of pyridine rings is 1. The maximum Gasteiger partial charge on any atom is 0.414 e. The lowest BCUT2D eigenvalue weighted by Crippen LogP contribution is -2.35. The number of H-pyrrole nitrogens is 1. The van der Waals surface area contributed by atoms with E-state index in [0.29, 0.717) is 22.2 Å². The molecule has 29 heavy (non-hydrogen) atoms. The average Bonchev–Trinajstić information content (AvgIpc) is 3.01. The molecular formula is C22H19FN2O4. The third kappa shape index (κ3) is 3.40. The van der Waals surface area contributed by atoms with Crippen LogP contribution in [-0.2, 0) is 9.53 Å². The van der Waals surface area contributed by atoms with Crippen molar-refractivity contribution in [2.24, 2.45) is 5.92 Å². The number of cyclic esters (lactones) is 1. The maximum absolute atomic E-state index is 14.1. The lowest BCUT2D eigenvalue weighted by molar-refractivity contribution is -0.124. The molecule has 0 unspecified atom stereocenters. The molecule has 1 aliphatic rings. The van der Waals surface area contributed by atoms with E-state index in [1.54, 1.807) is 36.4 Å². The first-order valence-corrected chi connectivity index (χ1v) is 9.28. The van der Waals surface area contributed by atoms with Gasteiger partial charge in [0.2, 0.25) is 0 Å². The van der Waals surface area contributed by atoms with Gasteiger partial charge in [-0.2, -0.15) is 0 Å². The van der Waals surface area contributed by atoms with E-state index in [-0.39, 0.29) is 17.3 Å². The normalized spacial score (nSPS) is 17.4. The quantitative estimate of drug-likeness (QED) is 0.706. The fourth-order valence-corrected chi connectivity index (χ4v) is 3.80. The molecular weight excluding hydrogens is 375 g/mol. The predicted octanol–water partition coefficient (Wildman–Crippen LogP) is 3.71. The number of fused-ring (bicyclic) bond motifs is 1. The number of aromatic amines is 1. The Morgan fingerprint density at radius 1 is 1.03 bits per heavy atom. The van der Waals surface area contributed by atoms with Crippen LogP contribution in [0.1, 0.15) is 25.3 Å². The lowest BCUT2D eigenvalue weighted by Gasteiger charge is -2.24. The van der Waals surface area contributed by atoms with Crippen LogP contribution in [0.15, 0.2) is 53.3 Å². The van der Waals surface area contributed by atoms with Crippen LogP contribution in [0.2, 0.25) is 0 Å². The first kappa shape index (κ1) is 18.9. The summed E-state index contributed by atoms with van der Waals surface area (Å²) in [5.74, 6) is -1.61. The van der Waals surface area contributed by atoms with Crippen LogP contribution in [0.4, 0.5) is 9.18 Å². The summed E-state index contributed by atoms with van der Waals surface area (Å²) in [5, 5.41) is 3.33. The van der Waals surface area contributed by atoms with Crippen molar-refractivity contribution >= 4 is 22.8 Å². The molecule has 2 heterocycles. The van der Waals surface area contributed by atoms with E-state index in [0.717, 1.165) is 5.39 Å². The number of amides is 2. The Bertz CT molecular complexity index is 1180. The predicted molar refractivity (Wildman–Crippen MR) is 106 cm³/mol. The van der Waals surface area contributed by atoms with Gasteiger partial charge in [0.1, 0.15) is 5.82 Å². The summed E-state index contributed by atoms with van der Waals surface area (Å²) >= 11 is 0. The van der Waals surface area contributed by atoms with Crippen molar-refractivity contribution in [2.75, 3.05) is 0 Å². The molecule has 1 fully saturated rings. The number of alkyl carbamates (subject to hydrolysis) is 1. The van der Waals surface area contributed by atoms with Crippen LogP contribution < -0.4 is 10.9 Å². The maximum atomic E-state index is 14.1. The fourth-order valence-electron chi connectivity index (χ4n) is 3.80. The number of carbonyl (C=O) groups is 2. The summed E-state index contributed by atoms with van der Waals surface area (Å²) in [6.07, 6.45) is -1.86. The highest BCUT2D eigenvalue weighted by atomic mass is 19.1. The molecule has 148 valence electrons. The molecule has 2 amide bonds. The molecule has 2 atom stereocenters. The van der Waals surface area contributed by atoms with Crippen molar-refractivity contribution in [1.29, 1.82) is 0 Å². The Balaban J connectivity index is 1.74. The van der Waals surface area contributed by atoms with E-state index in [1.807, 2.05) is 19.9 Å². The third-order valence-electron chi connectivity index (χ3n) is 5.20. The Morgan fingerprint density at radius 3 is 2.48 bits per heavy atom. The summed E-state index contributed by atoms with van der Waals surface area (Å²) in [4.78, 5) is 39.1. The number of carbonyl (C=O) groups excluding carboxylic acids is 2. The molecule has 1 aromatic heterocycles. The molecule has 0 bridgehead atoms. The number of hydrogen-bond donors (Lipinski definition) is 2. The Morgan fingerprint density at radius 2 is 1.83 bits per heavy atom. The second-order valence-electron chi connectivity index (χ2n) is 7.42. The summed E-state index contributed by atoms with van der Waals surface area (Å²) in [7, 11) is 0. The zero-order valence-corrected chi connectivity index (χ0v) is 15.9. The number of rotatable bonds is 4. The van der Waals surface area contributed by atoms with E-state index in [1.165, 1.54) is 6.07 Å². The highest BCUT2D eigenvalue weighted by Gasteiger charge is 2.41.